The molecule has 0 unspecified atom stereocenters. The van der Waals surface area contributed by atoms with Crippen LogP contribution in [0.15, 0.2) is 11.4 Å². The molecule has 0 atom stereocenters. The van der Waals surface area contributed by atoms with Crippen molar-refractivity contribution in [3.63, 3.8) is 0 Å². The standard InChI is InChI=1S/C13H19NO2S/c1-9-6-7-17-12(9)13(16)14-8-10-2-4-11(15)5-3-10/h6-7,10-11,15H,2-5,8H2,1H3,(H,14,16). The number of carbonyl (C=O) groups is 1. The van der Waals surface area contributed by atoms with E-state index in [-0.39, 0.29) is 12.0 Å². The highest BCUT2D eigenvalue weighted by molar-refractivity contribution is 7.12. The number of aliphatic hydroxyl groups excluding tert-OH is 1. The molecule has 1 amide bonds. The summed E-state index contributed by atoms with van der Waals surface area (Å²) in [5.74, 6) is 0.575. The maximum atomic E-state index is 11.9. The van der Waals surface area contributed by atoms with E-state index in [4.69, 9.17) is 0 Å². The molecule has 0 radical (unpaired) electrons. The summed E-state index contributed by atoms with van der Waals surface area (Å²) in [6.07, 6.45) is 3.66. The molecule has 1 heterocycles. The summed E-state index contributed by atoms with van der Waals surface area (Å²) in [5, 5.41) is 14.4. The van der Waals surface area contributed by atoms with Crippen LogP contribution in [-0.4, -0.2) is 23.7 Å². The maximum absolute atomic E-state index is 11.9. The predicted molar refractivity (Wildman–Crippen MR) is 69.4 cm³/mol. The molecule has 1 aliphatic rings. The summed E-state index contributed by atoms with van der Waals surface area (Å²) in [5.41, 5.74) is 1.05. The van der Waals surface area contributed by atoms with E-state index < -0.39 is 0 Å². The van der Waals surface area contributed by atoms with Crippen LogP contribution in [0, 0.1) is 12.8 Å². The molecule has 1 aromatic rings. The Balaban J connectivity index is 1.79. The predicted octanol–water partition coefficient (Wildman–Crippen LogP) is 2.34. The molecule has 1 aromatic heterocycles. The molecule has 0 aromatic carbocycles. The minimum atomic E-state index is -0.124. The zero-order valence-electron chi connectivity index (χ0n) is 10.1. The smallest absolute Gasteiger partial charge is 0.261 e. The average Bonchev–Trinajstić information content (AvgIpc) is 2.74. The lowest BCUT2D eigenvalue weighted by Crippen LogP contribution is -2.32. The van der Waals surface area contributed by atoms with E-state index in [2.05, 4.69) is 5.32 Å². The van der Waals surface area contributed by atoms with Crippen molar-refractivity contribution in [2.24, 2.45) is 5.92 Å². The lowest BCUT2D eigenvalue weighted by Gasteiger charge is -2.25. The van der Waals surface area contributed by atoms with E-state index in [1.807, 2.05) is 18.4 Å². The van der Waals surface area contributed by atoms with Gasteiger partial charge in [0.05, 0.1) is 11.0 Å². The van der Waals surface area contributed by atoms with E-state index >= 15 is 0 Å². The van der Waals surface area contributed by atoms with Crippen molar-refractivity contribution in [2.45, 2.75) is 38.7 Å². The first-order valence-corrected chi connectivity index (χ1v) is 7.05. The summed E-state index contributed by atoms with van der Waals surface area (Å²) in [7, 11) is 0. The largest absolute Gasteiger partial charge is 0.393 e. The van der Waals surface area contributed by atoms with Crippen LogP contribution in [0.4, 0.5) is 0 Å². The quantitative estimate of drug-likeness (QED) is 0.868. The highest BCUT2D eigenvalue weighted by Crippen LogP contribution is 2.23. The van der Waals surface area contributed by atoms with Gasteiger partial charge in [-0.2, -0.15) is 0 Å². The van der Waals surface area contributed by atoms with Crippen LogP contribution in [0.3, 0.4) is 0 Å². The van der Waals surface area contributed by atoms with Crippen LogP contribution in [0.2, 0.25) is 0 Å². The van der Waals surface area contributed by atoms with Crippen molar-refractivity contribution in [1.29, 1.82) is 0 Å². The van der Waals surface area contributed by atoms with Crippen molar-refractivity contribution in [1.82, 2.24) is 5.32 Å². The van der Waals surface area contributed by atoms with Gasteiger partial charge in [-0.15, -0.1) is 11.3 Å². The van der Waals surface area contributed by atoms with Crippen molar-refractivity contribution in [2.75, 3.05) is 6.54 Å². The lowest BCUT2D eigenvalue weighted by molar-refractivity contribution is 0.0913. The van der Waals surface area contributed by atoms with Gasteiger partial charge in [-0.1, -0.05) is 0 Å². The fourth-order valence-electron chi connectivity index (χ4n) is 2.27. The molecule has 1 fully saturated rings. The zero-order chi connectivity index (χ0) is 12.3. The molecule has 94 valence electrons. The molecule has 2 rings (SSSR count). The fraction of sp³-hybridized carbons (Fsp3) is 0.615. The Morgan fingerprint density at radius 1 is 1.47 bits per heavy atom. The number of nitrogens with one attached hydrogen (secondary N) is 1. The Labute approximate surface area is 106 Å². The summed E-state index contributed by atoms with van der Waals surface area (Å²) < 4.78 is 0. The number of rotatable bonds is 3. The second-order valence-electron chi connectivity index (χ2n) is 4.82. The van der Waals surface area contributed by atoms with Crippen LogP contribution < -0.4 is 5.32 Å². The van der Waals surface area contributed by atoms with Gasteiger partial charge in [-0.05, 0) is 55.5 Å². The van der Waals surface area contributed by atoms with Gasteiger partial charge in [0.25, 0.3) is 5.91 Å². The number of thiophene rings is 1. The summed E-state index contributed by atoms with van der Waals surface area (Å²) >= 11 is 1.49. The van der Waals surface area contributed by atoms with E-state index in [1.54, 1.807) is 0 Å². The third-order valence-corrected chi connectivity index (χ3v) is 4.45. The molecule has 0 saturated heterocycles. The third-order valence-electron chi connectivity index (χ3n) is 3.44. The number of hydrogen-bond donors (Lipinski definition) is 2. The summed E-state index contributed by atoms with van der Waals surface area (Å²) in [4.78, 5) is 12.7. The Hall–Kier alpha value is -0.870. The highest BCUT2D eigenvalue weighted by atomic mass is 32.1. The van der Waals surface area contributed by atoms with Crippen LogP contribution >= 0.6 is 11.3 Å². The summed E-state index contributed by atoms with van der Waals surface area (Å²) in [6.45, 7) is 2.70. The van der Waals surface area contributed by atoms with E-state index in [1.165, 1.54) is 11.3 Å². The van der Waals surface area contributed by atoms with E-state index in [0.29, 0.717) is 5.92 Å². The van der Waals surface area contributed by atoms with Gasteiger partial charge in [0.1, 0.15) is 0 Å². The van der Waals surface area contributed by atoms with Gasteiger partial charge < -0.3 is 10.4 Å². The van der Waals surface area contributed by atoms with Gasteiger partial charge in [-0.3, -0.25) is 4.79 Å². The second kappa shape index (κ2) is 5.65. The number of aliphatic hydroxyl groups is 1. The van der Waals surface area contributed by atoms with Crippen molar-refractivity contribution < 1.29 is 9.90 Å². The number of carbonyl (C=O) groups excluding carboxylic acids is 1. The molecule has 1 saturated carbocycles. The van der Waals surface area contributed by atoms with Crippen LogP contribution in [0.25, 0.3) is 0 Å². The topological polar surface area (TPSA) is 49.3 Å². The molecule has 3 nitrogen and oxygen atoms in total. The third kappa shape index (κ3) is 3.30. The molecule has 4 heteroatoms. The van der Waals surface area contributed by atoms with Crippen molar-refractivity contribution >= 4 is 17.2 Å². The van der Waals surface area contributed by atoms with Crippen LogP contribution in [-0.2, 0) is 0 Å². The van der Waals surface area contributed by atoms with Crippen molar-refractivity contribution in [3.05, 3.63) is 21.9 Å². The van der Waals surface area contributed by atoms with Gasteiger partial charge in [0, 0.05) is 6.54 Å². The van der Waals surface area contributed by atoms with Gasteiger partial charge >= 0.3 is 0 Å². The van der Waals surface area contributed by atoms with Gasteiger partial charge in [0.15, 0.2) is 0 Å². The monoisotopic (exact) mass is 253 g/mol. The minimum Gasteiger partial charge on any atom is -0.393 e. The normalized spacial score (nSPS) is 24.6. The molecule has 2 N–H and O–H groups in total. The molecular formula is C13H19NO2S. The average molecular weight is 253 g/mol. The van der Waals surface area contributed by atoms with E-state index in [9.17, 15) is 9.90 Å². The SMILES string of the molecule is Cc1ccsc1C(=O)NCC1CCC(O)CC1. The first-order chi connectivity index (χ1) is 8.16. The molecule has 0 aliphatic heterocycles. The Morgan fingerprint density at radius 3 is 2.76 bits per heavy atom. The maximum Gasteiger partial charge on any atom is 0.261 e. The molecular weight excluding hydrogens is 234 g/mol. The van der Waals surface area contributed by atoms with Crippen molar-refractivity contribution in [3.8, 4) is 0 Å². The Morgan fingerprint density at radius 2 is 2.18 bits per heavy atom. The zero-order valence-corrected chi connectivity index (χ0v) is 10.9. The second-order valence-corrected chi connectivity index (χ2v) is 5.73. The summed E-state index contributed by atoms with van der Waals surface area (Å²) in [6, 6.07) is 1.97. The Kier molecular flexibility index (Phi) is 4.18. The van der Waals surface area contributed by atoms with Crippen LogP contribution in [0.5, 0.6) is 0 Å². The Bertz CT molecular complexity index is 381. The molecule has 17 heavy (non-hydrogen) atoms. The first-order valence-electron chi connectivity index (χ1n) is 6.17. The number of aryl methyl sites for hydroxylation is 1. The van der Waals surface area contributed by atoms with Gasteiger partial charge in [-0.25, -0.2) is 0 Å². The van der Waals surface area contributed by atoms with E-state index in [0.717, 1.165) is 42.7 Å². The number of hydrogen-bond acceptors (Lipinski definition) is 3. The molecule has 1 aliphatic carbocycles. The lowest BCUT2D eigenvalue weighted by atomic mass is 9.87. The molecule has 0 spiro atoms. The minimum absolute atomic E-state index is 0.0450. The number of amides is 1. The van der Waals surface area contributed by atoms with Gasteiger partial charge in [0.2, 0.25) is 0 Å². The fourth-order valence-corrected chi connectivity index (χ4v) is 3.11. The first kappa shape index (κ1) is 12.6. The highest BCUT2D eigenvalue weighted by Gasteiger charge is 2.20. The van der Waals surface area contributed by atoms with Crippen LogP contribution in [0.1, 0.15) is 40.9 Å². The molecule has 0 bridgehead atoms.